The van der Waals surface area contributed by atoms with E-state index < -0.39 is 0 Å². The summed E-state index contributed by atoms with van der Waals surface area (Å²) < 4.78 is 10.3. The number of carbonyl (C=O) groups is 1. The summed E-state index contributed by atoms with van der Waals surface area (Å²) in [6.07, 6.45) is 0. The molecular weight excluding hydrogens is 266 g/mol. The predicted octanol–water partition coefficient (Wildman–Crippen LogP) is 2.70. The number of benzene rings is 1. The molecule has 1 aromatic carbocycles. The SMILES string of the molecule is COc1cc(OC)cc(C(=O)NCC(C)(C)CCl)c1. The zero-order chi connectivity index (χ0) is 14.5. The van der Waals surface area contributed by atoms with E-state index in [1.165, 1.54) is 0 Å². The standard InChI is InChI=1S/C14H20ClNO3/c1-14(2,8-15)9-16-13(17)10-5-11(18-3)7-12(6-10)19-4/h5-7H,8-9H2,1-4H3,(H,16,17). The number of methoxy groups -OCH3 is 2. The van der Waals surface area contributed by atoms with Gasteiger partial charge in [0.15, 0.2) is 0 Å². The van der Waals surface area contributed by atoms with Gasteiger partial charge in [-0.15, -0.1) is 11.6 Å². The topological polar surface area (TPSA) is 47.6 Å². The van der Waals surface area contributed by atoms with Gasteiger partial charge in [0.1, 0.15) is 11.5 Å². The monoisotopic (exact) mass is 285 g/mol. The number of halogens is 1. The molecule has 1 N–H and O–H groups in total. The number of hydrogen-bond acceptors (Lipinski definition) is 3. The molecule has 0 bridgehead atoms. The van der Waals surface area contributed by atoms with Crippen molar-refractivity contribution in [3.05, 3.63) is 23.8 Å². The number of alkyl halides is 1. The number of rotatable bonds is 6. The van der Waals surface area contributed by atoms with E-state index in [0.717, 1.165) is 0 Å². The maximum Gasteiger partial charge on any atom is 0.251 e. The molecule has 106 valence electrons. The van der Waals surface area contributed by atoms with Crippen LogP contribution in [0.5, 0.6) is 11.5 Å². The predicted molar refractivity (Wildman–Crippen MR) is 76.4 cm³/mol. The van der Waals surface area contributed by atoms with Gasteiger partial charge in [0.2, 0.25) is 0 Å². The third-order valence-corrected chi connectivity index (χ3v) is 3.43. The Morgan fingerprint density at radius 2 is 1.74 bits per heavy atom. The zero-order valence-electron chi connectivity index (χ0n) is 11.7. The van der Waals surface area contributed by atoms with Crippen molar-refractivity contribution in [2.45, 2.75) is 13.8 Å². The summed E-state index contributed by atoms with van der Waals surface area (Å²) >= 11 is 5.83. The number of nitrogens with one attached hydrogen (secondary N) is 1. The molecule has 0 aliphatic rings. The summed E-state index contributed by atoms with van der Waals surface area (Å²) in [4.78, 5) is 12.1. The molecule has 1 rings (SSSR count). The highest BCUT2D eigenvalue weighted by molar-refractivity contribution is 6.18. The van der Waals surface area contributed by atoms with Crippen LogP contribution in [0.2, 0.25) is 0 Å². The van der Waals surface area contributed by atoms with Gasteiger partial charge >= 0.3 is 0 Å². The van der Waals surface area contributed by atoms with Gasteiger partial charge in [0, 0.05) is 24.1 Å². The first-order valence-corrected chi connectivity index (χ1v) is 6.52. The second-order valence-corrected chi connectivity index (χ2v) is 5.35. The Labute approximate surface area is 119 Å². The van der Waals surface area contributed by atoms with E-state index in [4.69, 9.17) is 21.1 Å². The van der Waals surface area contributed by atoms with Gasteiger partial charge in [-0.05, 0) is 17.5 Å². The summed E-state index contributed by atoms with van der Waals surface area (Å²) in [5.41, 5.74) is 0.363. The van der Waals surface area contributed by atoms with Crippen molar-refractivity contribution in [2.24, 2.45) is 5.41 Å². The first-order valence-electron chi connectivity index (χ1n) is 5.99. The van der Waals surface area contributed by atoms with E-state index in [0.29, 0.717) is 29.5 Å². The minimum Gasteiger partial charge on any atom is -0.497 e. The molecule has 0 aromatic heterocycles. The first kappa shape index (κ1) is 15.6. The molecule has 0 aliphatic heterocycles. The van der Waals surface area contributed by atoms with Gasteiger partial charge in [-0.2, -0.15) is 0 Å². The maximum atomic E-state index is 12.1. The Bertz CT molecular complexity index is 424. The average molecular weight is 286 g/mol. The lowest BCUT2D eigenvalue weighted by atomic mass is 9.96. The van der Waals surface area contributed by atoms with E-state index in [2.05, 4.69) is 5.32 Å². The van der Waals surface area contributed by atoms with Gasteiger partial charge in [-0.3, -0.25) is 4.79 Å². The lowest BCUT2D eigenvalue weighted by Gasteiger charge is -2.21. The van der Waals surface area contributed by atoms with Crippen molar-refractivity contribution < 1.29 is 14.3 Å². The van der Waals surface area contributed by atoms with Crippen molar-refractivity contribution in [2.75, 3.05) is 26.6 Å². The molecule has 0 atom stereocenters. The number of amides is 1. The normalized spacial score (nSPS) is 11.0. The summed E-state index contributed by atoms with van der Waals surface area (Å²) in [6.45, 7) is 4.49. The van der Waals surface area contributed by atoms with Crippen LogP contribution in [0.3, 0.4) is 0 Å². The van der Waals surface area contributed by atoms with Gasteiger partial charge < -0.3 is 14.8 Å². The fraction of sp³-hybridized carbons (Fsp3) is 0.500. The van der Waals surface area contributed by atoms with Crippen LogP contribution in [0.25, 0.3) is 0 Å². The fourth-order valence-electron chi connectivity index (χ4n) is 1.41. The molecule has 0 saturated carbocycles. The molecule has 1 aromatic rings. The Morgan fingerprint density at radius 1 is 1.21 bits per heavy atom. The number of carbonyl (C=O) groups excluding carboxylic acids is 1. The molecule has 0 spiro atoms. The summed E-state index contributed by atoms with van der Waals surface area (Å²) in [5.74, 6) is 1.48. The largest absolute Gasteiger partial charge is 0.497 e. The molecule has 1 amide bonds. The lowest BCUT2D eigenvalue weighted by molar-refractivity contribution is 0.0939. The molecule has 4 nitrogen and oxygen atoms in total. The maximum absolute atomic E-state index is 12.1. The minimum absolute atomic E-state index is 0.139. The van der Waals surface area contributed by atoms with E-state index in [9.17, 15) is 4.79 Å². The Kier molecular flexibility index (Phi) is 5.48. The van der Waals surface area contributed by atoms with Crippen LogP contribution < -0.4 is 14.8 Å². The number of ether oxygens (including phenoxy) is 2. The van der Waals surface area contributed by atoms with Gasteiger partial charge in [-0.25, -0.2) is 0 Å². The highest BCUT2D eigenvalue weighted by Gasteiger charge is 2.18. The summed E-state index contributed by atoms with van der Waals surface area (Å²) in [7, 11) is 3.10. The van der Waals surface area contributed by atoms with Crippen molar-refractivity contribution in [1.82, 2.24) is 5.32 Å². The lowest BCUT2D eigenvalue weighted by Crippen LogP contribution is -2.35. The smallest absolute Gasteiger partial charge is 0.251 e. The zero-order valence-corrected chi connectivity index (χ0v) is 12.5. The molecule has 0 unspecified atom stereocenters. The van der Waals surface area contributed by atoms with Gasteiger partial charge in [0.25, 0.3) is 5.91 Å². The van der Waals surface area contributed by atoms with E-state index >= 15 is 0 Å². The second kappa shape index (κ2) is 6.66. The molecule has 0 heterocycles. The first-order chi connectivity index (χ1) is 8.91. The van der Waals surface area contributed by atoms with Crippen LogP contribution >= 0.6 is 11.6 Å². The Morgan fingerprint density at radius 3 is 2.16 bits per heavy atom. The third kappa shape index (κ3) is 4.63. The minimum atomic E-state index is -0.171. The quantitative estimate of drug-likeness (QED) is 0.818. The highest BCUT2D eigenvalue weighted by atomic mass is 35.5. The van der Waals surface area contributed by atoms with E-state index in [1.54, 1.807) is 32.4 Å². The second-order valence-electron chi connectivity index (χ2n) is 5.08. The van der Waals surface area contributed by atoms with Crippen molar-refractivity contribution in [3.8, 4) is 11.5 Å². The van der Waals surface area contributed by atoms with Crippen LogP contribution in [0.15, 0.2) is 18.2 Å². The van der Waals surface area contributed by atoms with Crippen molar-refractivity contribution in [3.63, 3.8) is 0 Å². The van der Waals surface area contributed by atoms with Crippen LogP contribution in [-0.4, -0.2) is 32.6 Å². The van der Waals surface area contributed by atoms with Crippen LogP contribution in [0.1, 0.15) is 24.2 Å². The highest BCUT2D eigenvalue weighted by Crippen LogP contribution is 2.22. The van der Waals surface area contributed by atoms with Crippen molar-refractivity contribution >= 4 is 17.5 Å². The molecule has 19 heavy (non-hydrogen) atoms. The van der Waals surface area contributed by atoms with Gasteiger partial charge in [-0.1, -0.05) is 13.8 Å². The van der Waals surface area contributed by atoms with Crippen LogP contribution in [0.4, 0.5) is 0 Å². The van der Waals surface area contributed by atoms with Gasteiger partial charge in [0.05, 0.1) is 14.2 Å². The Balaban J connectivity index is 2.81. The van der Waals surface area contributed by atoms with Crippen molar-refractivity contribution in [1.29, 1.82) is 0 Å². The summed E-state index contributed by atoms with van der Waals surface area (Å²) in [5, 5.41) is 2.86. The molecule has 0 fully saturated rings. The molecular formula is C14H20ClNO3. The Hall–Kier alpha value is -1.42. The molecule has 0 saturated heterocycles. The van der Waals surface area contributed by atoms with Crippen LogP contribution in [0, 0.1) is 5.41 Å². The molecule has 5 heteroatoms. The molecule has 0 aliphatic carbocycles. The van der Waals surface area contributed by atoms with Crippen LogP contribution in [-0.2, 0) is 0 Å². The number of hydrogen-bond donors (Lipinski definition) is 1. The average Bonchev–Trinajstić information content (AvgIpc) is 2.44. The van der Waals surface area contributed by atoms with E-state index in [1.807, 2.05) is 13.8 Å². The molecule has 0 radical (unpaired) electrons. The third-order valence-electron chi connectivity index (χ3n) is 2.70. The summed E-state index contributed by atoms with van der Waals surface area (Å²) in [6, 6.07) is 5.07. The fourth-order valence-corrected chi connectivity index (χ4v) is 1.50. The van der Waals surface area contributed by atoms with E-state index in [-0.39, 0.29) is 11.3 Å².